The topological polar surface area (TPSA) is 61.5 Å². The van der Waals surface area contributed by atoms with E-state index in [4.69, 9.17) is 15.2 Å². The lowest BCUT2D eigenvalue weighted by atomic mass is 10.1. The number of rotatable bonds is 6. The van der Waals surface area contributed by atoms with Gasteiger partial charge in [-0.15, -0.1) is 0 Å². The van der Waals surface area contributed by atoms with Crippen LogP contribution in [0, 0.1) is 0 Å². The number of hydrogen-bond donors (Lipinski definition) is 1. The Kier molecular flexibility index (Phi) is 4.80. The van der Waals surface area contributed by atoms with E-state index in [2.05, 4.69) is 6.92 Å². The molecule has 1 aromatic rings. The highest BCUT2D eigenvalue weighted by Crippen LogP contribution is 2.35. The molecule has 0 heterocycles. The fourth-order valence-electron chi connectivity index (χ4n) is 2.30. The molecule has 0 fully saturated rings. The standard InChI is InChI=1S/C15H21NO3/c1-2-3-9-18-15(17)10-19-14-6-4-5-11-12(14)7-8-13(11)16/h4-6,13H,2-3,7-10,16H2,1H3. The number of ether oxygens (including phenoxy) is 2. The van der Waals surface area contributed by atoms with E-state index < -0.39 is 0 Å². The fraction of sp³-hybridized carbons (Fsp3) is 0.533. The maximum Gasteiger partial charge on any atom is 0.344 e. The Bertz CT molecular complexity index is 445. The molecule has 1 atom stereocenters. The maximum atomic E-state index is 11.5. The van der Waals surface area contributed by atoms with Crippen molar-refractivity contribution in [2.45, 2.75) is 38.6 Å². The lowest BCUT2D eigenvalue weighted by molar-refractivity contribution is -0.146. The molecule has 0 aromatic heterocycles. The predicted octanol–water partition coefficient (Wildman–Crippen LogP) is 2.35. The summed E-state index contributed by atoms with van der Waals surface area (Å²) in [5.74, 6) is 0.450. The summed E-state index contributed by atoms with van der Waals surface area (Å²) in [4.78, 5) is 11.5. The van der Waals surface area contributed by atoms with Gasteiger partial charge in [0.05, 0.1) is 6.61 Å². The zero-order valence-corrected chi connectivity index (χ0v) is 11.4. The Balaban J connectivity index is 1.89. The van der Waals surface area contributed by atoms with E-state index in [1.165, 1.54) is 0 Å². The summed E-state index contributed by atoms with van der Waals surface area (Å²) in [5.41, 5.74) is 8.28. The van der Waals surface area contributed by atoms with Crippen LogP contribution in [-0.4, -0.2) is 19.2 Å². The van der Waals surface area contributed by atoms with Crippen molar-refractivity contribution in [3.05, 3.63) is 29.3 Å². The highest BCUT2D eigenvalue weighted by molar-refractivity contribution is 5.71. The minimum atomic E-state index is -0.312. The van der Waals surface area contributed by atoms with E-state index in [1.807, 2.05) is 18.2 Å². The van der Waals surface area contributed by atoms with Gasteiger partial charge in [-0.3, -0.25) is 0 Å². The second kappa shape index (κ2) is 6.57. The van der Waals surface area contributed by atoms with E-state index in [0.29, 0.717) is 6.61 Å². The Labute approximate surface area is 113 Å². The van der Waals surface area contributed by atoms with Crippen LogP contribution in [0.3, 0.4) is 0 Å². The molecule has 1 aliphatic carbocycles. The molecule has 104 valence electrons. The first kappa shape index (κ1) is 13.9. The number of hydrogen-bond acceptors (Lipinski definition) is 4. The third kappa shape index (κ3) is 3.47. The molecule has 0 aliphatic heterocycles. The van der Waals surface area contributed by atoms with Crippen LogP contribution in [0.15, 0.2) is 18.2 Å². The number of fused-ring (bicyclic) bond motifs is 1. The summed E-state index contributed by atoms with van der Waals surface area (Å²) in [7, 11) is 0. The van der Waals surface area contributed by atoms with Crippen molar-refractivity contribution >= 4 is 5.97 Å². The van der Waals surface area contributed by atoms with Gasteiger partial charge in [-0.1, -0.05) is 25.5 Å². The van der Waals surface area contributed by atoms with E-state index in [0.717, 1.165) is 42.6 Å². The lowest BCUT2D eigenvalue weighted by Crippen LogP contribution is -2.16. The van der Waals surface area contributed by atoms with Gasteiger partial charge in [0.1, 0.15) is 5.75 Å². The first-order valence-corrected chi connectivity index (χ1v) is 6.88. The molecular formula is C15H21NO3. The second-order valence-electron chi connectivity index (χ2n) is 4.83. The molecule has 0 saturated heterocycles. The summed E-state index contributed by atoms with van der Waals surface area (Å²) in [5, 5.41) is 0. The number of carbonyl (C=O) groups excluding carboxylic acids is 1. The first-order valence-electron chi connectivity index (χ1n) is 6.88. The SMILES string of the molecule is CCCCOC(=O)COc1cccc2c1CCC2N. The molecule has 4 heteroatoms. The number of benzene rings is 1. The first-order chi connectivity index (χ1) is 9.22. The Morgan fingerprint density at radius 1 is 1.47 bits per heavy atom. The molecule has 1 aliphatic rings. The van der Waals surface area contributed by atoms with Crippen molar-refractivity contribution in [1.82, 2.24) is 0 Å². The smallest absolute Gasteiger partial charge is 0.344 e. The van der Waals surface area contributed by atoms with Gasteiger partial charge in [-0.25, -0.2) is 4.79 Å². The van der Waals surface area contributed by atoms with Gasteiger partial charge < -0.3 is 15.2 Å². The molecule has 0 saturated carbocycles. The molecule has 0 amide bonds. The van der Waals surface area contributed by atoms with Crippen LogP contribution >= 0.6 is 0 Å². The van der Waals surface area contributed by atoms with Crippen molar-refractivity contribution in [2.75, 3.05) is 13.2 Å². The summed E-state index contributed by atoms with van der Waals surface area (Å²) in [6, 6.07) is 5.92. The molecule has 1 aromatic carbocycles. The highest BCUT2D eigenvalue weighted by atomic mass is 16.6. The van der Waals surface area contributed by atoms with Crippen molar-refractivity contribution in [2.24, 2.45) is 5.73 Å². The fourth-order valence-corrected chi connectivity index (χ4v) is 2.30. The molecule has 1 unspecified atom stereocenters. The van der Waals surface area contributed by atoms with Gasteiger partial charge >= 0.3 is 5.97 Å². The van der Waals surface area contributed by atoms with Crippen LogP contribution in [0.5, 0.6) is 5.75 Å². The van der Waals surface area contributed by atoms with Gasteiger partial charge in [0.25, 0.3) is 0 Å². The zero-order valence-electron chi connectivity index (χ0n) is 11.4. The van der Waals surface area contributed by atoms with Crippen molar-refractivity contribution in [3.63, 3.8) is 0 Å². The lowest BCUT2D eigenvalue weighted by Gasteiger charge is -2.11. The largest absolute Gasteiger partial charge is 0.482 e. The molecule has 4 nitrogen and oxygen atoms in total. The van der Waals surface area contributed by atoms with Crippen LogP contribution < -0.4 is 10.5 Å². The summed E-state index contributed by atoms with van der Waals surface area (Å²) in [6.07, 6.45) is 3.76. The van der Waals surface area contributed by atoms with Crippen LogP contribution in [0.2, 0.25) is 0 Å². The normalized spacial score (nSPS) is 17.1. The number of nitrogens with two attached hydrogens (primary N) is 1. The number of esters is 1. The van der Waals surface area contributed by atoms with E-state index in [9.17, 15) is 4.79 Å². The highest BCUT2D eigenvalue weighted by Gasteiger charge is 2.22. The Morgan fingerprint density at radius 2 is 2.32 bits per heavy atom. The van der Waals surface area contributed by atoms with Gasteiger partial charge in [0, 0.05) is 6.04 Å². The molecular weight excluding hydrogens is 242 g/mol. The minimum Gasteiger partial charge on any atom is -0.482 e. The zero-order chi connectivity index (χ0) is 13.7. The minimum absolute atomic E-state index is 0.0323. The molecule has 2 rings (SSSR count). The average molecular weight is 263 g/mol. The average Bonchev–Trinajstić information content (AvgIpc) is 2.79. The quantitative estimate of drug-likeness (QED) is 0.632. The predicted molar refractivity (Wildman–Crippen MR) is 73.1 cm³/mol. The third-order valence-electron chi connectivity index (χ3n) is 3.38. The summed E-state index contributed by atoms with van der Waals surface area (Å²) in [6.45, 7) is 2.49. The second-order valence-corrected chi connectivity index (χ2v) is 4.83. The van der Waals surface area contributed by atoms with Crippen molar-refractivity contribution in [1.29, 1.82) is 0 Å². The molecule has 0 bridgehead atoms. The van der Waals surface area contributed by atoms with Crippen molar-refractivity contribution in [3.8, 4) is 5.75 Å². The maximum absolute atomic E-state index is 11.5. The molecule has 0 radical (unpaired) electrons. The van der Waals surface area contributed by atoms with Crippen LogP contribution in [0.1, 0.15) is 43.4 Å². The van der Waals surface area contributed by atoms with E-state index >= 15 is 0 Å². The Hall–Kier alpha value is -1.55. The summed E-state index contributed by atoms with van der Waals surface area (Å²) < 4.78 is 10.6. The Morgan fingerprint density at radius 3 is 3.11 bits per heavy atom. The van der Waals surface area contributed by atoms with E-state index in [1.54, 1.807) is 0 Å². The number of carbonyl (C=O) groups is 1. The van der Waals surface area contributed by atoms with Gasteiger partial charge in [0.15, 0.2) is 6.61 Å². The van der Waals surface area contributed by atoms with Crippen molar-refractivity contribution < 1.29 is 14.3 Å². The molecule has 2 N–H and O–H groups in total. The monoisotopic (exact) mass is 263 g/mol. The summed E-state index contributed by atoms with van der Waals surface area (Å²) >= 11 is 0. The van der Waals surface area contributed by atoms with Gasteiger partial charge in [-0.2, -0.15) is 0 Å². The van der Waals surface area contributed by atoms with Crippen LogP contribution in [0.25, 0.3) is 0 Å². The van der Waals surface area contributed by atoms with Crippen LogP contribution in [0.4, 0.5) is 0 Å². The van der Waals surface area contributed by atoms with Crippen LogP contribution in [-0.2, 0) is 16.0 Å². The van der Waals surface area contributed by atoms with Gasteiger partial charge in [0.2, 0.25) is 0 Å². The third-order valence-corrected chi connectivity index (χ3v) is 3.38. The molecule has 0 spiro atoms. The van der Waals surface area contributed by atoms with Gasteiger partial charge in [-0.05, 0) is 36.5 Å². The number of unbranched alkanes of at least 4 members (excludes halogenated alkanes) is 1. The van der Waals surface area contributed by atoms with E-state index in [-0.39, 0.29) is 18.6 Å². The molecule has 19 heavy (non-hydrogen) atoms.